The van der Waals surface area contributed by atoms with Crippen LogP contribution in [0, 0.1) is 19.8 Å². The van der Waals surface area contributed by atoms with Gasteiger partial charge >= 0.3 is 16.1 Å². The number of hydrogen-bond acceptors (Lipinski definition) is 8. The summed E-state index contributed by atoms with van der Waals surface area (Å²) in [4.78, 5) is 14.7. The Hall–Kier alpha value is -3.43. The number of aliphatic hydroxyl groups excluding tert-OH is 1. The van der Waals surface area contributed by atoms with E-state index in [1.54, 1.807) is 37.3 Å². The van der Waals surface area contributed by atoms with Crippen molar-refractivity contribution in [2.75, 3.05) is 0 Å². The first-order chi connectivity index (χ1) is 21.2. The molecule has 9 heteroatoms. The maximum absolute atomic E-state index is 13.7. The molecule has 240 valence electrons. The van der Waals surface area contributed by atoms with Crippen molar-refractivity contribution in [2.24, 2.45) is 5.92 Å². The lowest BCUT2D eigenvalue weighted by atomic mass is 9.77. The fraction of sp³-hybridized carbons (Fsp3) is 0.417. The molecule has 0 spiro atoms. The molecule has 1 aliphatic heterocycles. The zero-order valence-electron chi connectivity index (χ0n) is 26.6. The molecule has 0 saturated heterocycles. The van der Waals surface area contributed by atoms with E-state index in [0.29, 0.717) is 18.4 Å². The molecule has 5 rings (SSSR count). The topological polar surface area (TPSA) is 110 Å². The number of carbonyl (C=O) groups is 1. The second kappa shape index (κ2) is 12.8. The summed E-state index contributed by atoms with van der Waals surface area (Å²) < 4.78 is 38.2. The van der Waals surface area contributed by atoms with E-state index in [1.165, 1.54) is 12.1 Å². The van der Waals surface area contributed by atoms with Gasteiger partial charge < -0.3 is 19.1 Å². The molecule has 1 unspecified atom stereocenters. The second-order valence-electron chi connectivity index (χ2n) is 13.4. The van der Waals surface area contributed by atoms with Gasteiger partial charge in [-0.1, -0.05) is 75.2 Å². The molecule has 1 aliphatic carbocycles. The number of esters is 1. The highest BCUT2D eigenvalue weighted by atomic mass is 32.2. The van der Waals surface area contributed by atoms with Crippen LogP contribution < -0.4 is 4.18 Å². The zero-order chi connectivity index (χ0) is 32.6. The number of cyclic esters (lactones) is 1. The van der Waals surface area contributed by atoms with E-state index < -0.39 is 27.1 Å². The van der Waals surface area contributed by atoms with Crippen molar-refractivity contribution >= 4 is 27.8 Å². The maximum Gasteiger partial charge on any atom is 0.349 e. The van der Waals surface area contributed by atoms with Crippen LogP contribution in [0.15, 0.2) is 81.1 Å². The summed E-state index contributed by atoms with van der Waals surface area (Å²) in [5, 5.41) is 21.1. The van der Waals surface area contributed by atoms with Gasteiger partial charge in [0.05, 0.1) is 0 Å². The Kier molecular flexibility index (Phi) is 9.34. The highest BCUT2D eigenvalue weighted by molar-refractivity contribution is 8.04. The van der Waals surface area contributed by atoms with E-state index in [2.05, 4.69) is 0 Å². The molecule has 0 aromatic heterocycles. The summed E-state index contributed by atoms with van der Waals surface area (Å²) in [5.74, 6) is 0.0537. The predicted molar refractivity (Wildman–Crippen MR) is 176 cm³/mol. The van der Waals surface area contributed by atoms with Gasteiger partial charge in [0.25, 0.3) is 0 Å². The van der Waals surface area contributed by atoms with E-state index in [1.807, 2.05) is 45.9 Å². The summed E-state index contributed by atoms with van der Waals surface area (Å²) in [7, 11) is -4.06. The van der Waals surface area contributed by atoms with Crippen LogP contribution in [0.25, 0.3) is 0 Å². The molecule has 3 aromatic carbocycles. The third-order valence-corrected chi connectivity index (χ3v) is 11.3. The molecule has 3 aromatic rings. The number of carbonyl (C=O) groups excluding carboxylic acids is 1. The van der Waals surface area contributed by atoms with Gasteiger partial charge in [0.1, 0.15) is 32.7 Å². The number of benzene rings is 3. The van der Waals surface area contributed by atoms with E-state index in [4.69, 9.17) is 8.92 Å². The number of thioether (sulfide) groups is 1. The Labute approximate surface area is 270 Å². The first kappa shape index (κ1) is 32.9. The number of hydrogen-bond donors (Lipinski definition) is 2. The van der Waals surface area contributed by atoms with Crippen LogP contribution >= 0.6 is 11.8 Å². The standard InChI is InChI=1S/C36H42O7S2/c1-23-10-16-28(17-11-23)45(40,41)43-31-21-29(35(3,4)5)32(20-24(31)2)44-33-30(38)22-36(42-34(33)39,26-8-6-7-9-26)19-18-25-12-14-27(37)15-13-25/h10-17,20-21,26,37-38H,6-9,18-19,22H2,1-5H3. The van der Waals surface area contributed by atoms with Crippen LogP contribution in [0.2, 0.25) is 0 Å². The quantitative estimate of drug-likeness (QED) is 0.175. The maximum atomic E-state index is 13.7. The Balaban J connectivity index is 1.44. The minimum absolute atomic E-state index is 0.0219. The Morgan fingerprint density at radius 2 is 1.62 bits per heavy atom. The predicted octanol–water partition coefficient (Wildman–Crippen LogP) is 8.44. The second-order valence-corrected chi connectivity index (χ2v) is 16.0. The van der Waals surface area contributed by atoms with Gasteiger partial charge in [-0.15, -0.1) is 0 Å². The van der Waals surface area contributed by atoms with E-state index in [-0.39, 0.29) is 39.4 Å². The van der Waals surface area contributed by atoms with Crippen molar-refractivity contribution in [1.29, 1.82) is 0 Å². The molecule has 0 bridgehead atoms. The molecule has 0 radical (unpaired) electrons. The molecule has 45 heavy (non-hydrogen) atoms. The normalized spacial score (nSPS) is 19.5. The highest BCUT2D eigenvalue weighted by Crippen LogP contribution is 2.49. The average Bonchev–Trinajstić information content (AvgIpc) is 3.52. The van der Waals surface area contributed by atoms with Crippen molar-refractivity contribution in [3.8, 4) is 11.5 Å². The number of aromatic hydroxyl groups is 1. The van der Waals surface area contributed by atoms with Crippen LogP contribution in [0.3, 0.4) is 0 Å². The van der Waals surface area contributed by atoms with Crippen LogP contribution in [0.4, 0.5) is 0 Å². The van der Waals surface area contributed by atoms with Gasteiger partial charge in [0.15, 0.2) is 0 Å². The Bertz CT molecular complexity index is 1700. The Morgan fingerprint density at radius 1 is 0.978 bits per heavy atom. The summed E-state index contributed by atoms with van der Waals surface area (Å²) >= 11 is 1.15. The summed E-state index contributed by atoms with van der Waals surface area (Å²) in [6, 6.07) is 17.1. The first-order valence-corrected chi connectivity index (χ1v) is 17.7. The number of phenolic OH excluding ortho intramolecular Hbond substituents is 1. The van der Waals surface area contributed by atoms with Crippen LogP contribution in [0.1, 0.15) is 81.5 Å². The third-order valence-electron chi connectivity index (χ3n) is 8.89. The fourth-order valence-corrected chi connectivity index (χ4v) is 8.52. The van der Waals surface area contributed by atoms with Crippen molar-refractivity contribution in [3.05, 3.63) is 93.6 Å². The zero-order valence-corrected chi connectivity index (χ0v) is 28.2. The number of aliphatic hydroxyl groups is 1. The lowest BCUT2D eigenvalue weighted by Gasteiger charge is -2.41. The van der Waals surface area contributed by atoms with E-state index >= 15 is 0 Å². The van der Waals surface area contributed by atoms with Crippen LogP contribution in [0.5, 0.6) is 11.5 Å². The van der Waals surface area contributed by atoms with Crippen LogP contribution in [-0.4, -0.2) is 30.2 Å². The van der Waals surface area contributed by atoms with Gasteiger partial charge in [0.2, 0.25) is 0 Å². The lowest BCUT2D eigenvalue weighted by Crippen LogP contribution is -2.45. The molecule has 1 saturated carbocycles. The fourth-order valence-electron chi connectivity index (χ4n) is 6.29. The molecular formula is C36H42O7S2. The molecule has 1 fully saturated rings. The molecule has 1 atom stereocenters. The smallest absolute Gasteiger partial charge is 0.349 e. The molecule has 2 aliphatic rings. The number of aryl methyl sites for hydroxylation is 3. The van der Waals surface area contributed by atoms with Crippen molar-refractivity contribution in [2.45, 2.75) is 100 Å². The third kappa shape index (κ3) is 7.36. The van der Waals surface area contributed by atoms with E-state index in [0.717, 1.165) is 59.0 Å². The van der Waals surface area contributed by atoms with Crippen molar-refractivity contribution < 1.29 is 32.3 Å². The minimum Gasteiger partial charge on any atom is -0.511 e. The van der Waals surface area contributed by atoms with Gasteiger partial charge in [-0.25, -0.2) is 4.79 Å². The average molecular weight is 651 g/mol. The van der Waals surface area contributed by atoms with Crippen molar-refractivity contribution in [1.82, 2.24) is 0 Å². The molecule has 0 amide bonds. The van der Waals surface area contributed by atoms with Gasteiger partial charge in [-0.2, -0.15) is 8.42 Å². The summed E-state index contributed by atoms with van der Waals surface area (Å²) in [6.07, 6.45) is 5.49. The van der Waals surface area contributed by atoms with E-state index in [9.17, 15) is 23.4 Å². The minimum atomic E-state index is -4.06. The number of phenols is 1. The number of rotatable bonds is 9. The highest BCUT2D eigenvalue weighted by Gasteiger charge is 2.48. The first-order valence-electron chi connectivity index (χ1n) is 15.4. The monoisotopic (exact) mass is 650 g/mol. The van der Waals surface area contributed by atoms with Crippen molar-refractivity contribution in [3.63, 3.8) is 0 Å². The van der Waals surface area contributed by atoms with Gasteiger partial charge in [-0.05, 0) is 104 Å². The summed E-state index contributed by atoms with van der Waals surface area (Å²) in [5.41, 5.74) is 2.10. The van der Waals surface area contributed by atoms with Gasteiger partial charge in [-0.3, -0.25) is 0 Å². The number of ether oxygens (including phenoxy) is 1. The molecular weight excluding hydrogens is 609 g/mol. The van der Waals surface area contributed by atoms with Gasteiger partial charge in [0, 0.05) is 11.3 Å². The molecule has 2 N–H and O–H groups in total. The summed E-state index contributed by atoms with van der Waals surface area (Å²) in [6.45, 7) is 9.65. The Morgan fingerprint density at radius 3 is 2.22 bits per heavy atom. The van der Waals surface area contributed by atoms with Crippen LogP contribution in [-0.2, 0) is 31.5 Å². The molecule has 1 heterocycles. The molecule has 7 nitrogen and oxygen atoms in total. The SMILES string of the molecule is Cc1ccc(S(=O)(=O)Oc2cc(C(C)(C)C)c(SC3=C(O)CC(CCc4ccc(O)cc4)(C4CCCC4)OC3=O)cc2C)cc1. The lowest BCUT2D eigenvalue weighted by molar-refractivity contribution is -0.166. The largest absolute Gasteiger partial charge is 0.511 e.